The zero-order valence-electron chi connectivity index (χ0n) is 15.3. The summed E-state index contributed by atoms with van der Waals surface area (Å²) >= 11 is 0. The SMILES string of the molecule is CCOC(=O)N1CCN(C(=O)c2ccnc(NCc3ccncc3)c2)CC1. The number of ether oxygens (including phenoxy) is 1. The number of nitrogens with zero attached hydrogens (tertiary/aromatic N) is 4. The maximum Gasteiger partial charge on any atom is 0.409 e. The average Bonchev–Trinajstić information content (AvgIpc) is 2.73. The molecule has 0 unspecified atom stereocenters. The van der Waals surface area contributed by atoms with Crippen molar-refractivity contribution in [2.24, 2.45) is 0 Å². The molecule has 0 bridgehead atoms. The highest BCUT2D eigenvalue weighted by Gasteiger charge is 2.25. The number of aromatic nitrogens is 2. The molecule has 142 valence electrons. The van der Waals surface area contributed by atoms with E-state index in [-0.39, 0.29) is 12.0 Å². The number of nitrogens with one attached hydrogen (secondary N) is 1. The molecule has 0 aromatic carbocycles. The van der Waals surface area contributed by atoms with Crippen molar-refractivity contribution in [2.45, 2.75) is 13.5 Å². The van der Waals surface area contributed by atoms with Crippen LogP contribution in [0.25, 0.3) is 0 Å². The minimum Gasteiger partial charge on any atom is -0.450 e. The van der Waals surface area contributed by atoms with Crippen LogP contribution < -0.4 is 5.32 Å². The molecule has 0 atom stereocenters. The number of rotatable bonds is 5. The minimum absolute atomic E-state index is 0.0622. The normalized spacial score (nSPS) is 14.0. The second-order valence-electron chi connectivity index (χ2n) is 6.12. The number of amides is 2. The van der Waals surface area contributed by atoms with Gasteiger partial charge in [-0.05, 0) is 36.8 Å². The van der Waals surface area contributed by atoms with E-state index in [4.69, 9.17) is 4.74 Å². The van der Waals surface area contributed by atoms with Crippen LogP contribution in [-0.4, -0.2) is 64.6 Å². The van der Waals surface area contributed by atoms with Gasteiger partial charge in [0.05, 0.1) is 6.61 Å². The molecule has 2 aromatic heterocycles. The van der Waals surface area contributed by atoms with E-state index in [1.807, 2.05) is 12.1 Å². The number of piperazine rings is 1. The number of hydrogen-bond acceptors (Lipinski definition) is 6. The minimum atomic E-state index is -0.323. The molecule has 0 spiro atoms. The summed E-state index contributed by atoms with van der Waals surface area (Å²) in [6.07, 6.45) is 4.77. The Morgan fingerprint density at radius 1 is 1.07 bits per heavy atom. The van der Waals surface area contributed by atoms with Crippen LogP contribution in [0.3, 0.4) is 0 Å². The Hall–Kier alpha value is -3.16. The zero-order valence-corrected chi connectivity index (χ0v) is 15.3. The lowest BCUT2D eigenvalue weighted by Crippen LogP contribution is -2.50. The summed E-state index contributed by atoms with van der Waals surface area (Å²) in [4.78, 5) is 36.1. The Morgan fingerprint density at radius 2 is 1.78 bits per heavy atom. The molecule has 0 aliphatic carbocycles. The van der Waals surface area contributed by atoms with Crippen molar-refractivity contribution >= 4 is 17.8 Å². The van der Waals surface area contributed by atoms with Crippen molar-refractivity contribution in [1.82, 2.24) is 19.8 Å². The van der Waals surface area contributed by atoms with Gasteiger partial charge in [-0.25, -0.2) is 9.78 Å². The van der Waals surface area contributed by atoms with E-state index in [0.717, 1.165) is 5.56 Å². The molecule has 8 heteroatoms. The quantitative estimate of drug-likeness (QED) is 0.867. The molecule has 1 aliphatic heterocycles. The van der Waals surface area contributed by atoms with Gasteiger partial charge in [0.1, 0.15) is 5.82 Å². The third-order valence-corrected chi connectivity index (χ3v) is 4.32. The van der Waals surface area contributed by atoms with Crippen molar-refractivity contribution in [3.8, 4) is 0 Å². The number of carbonyl (C=O) groups is 2. The molecular weight excluding hydrogens is 346 g/mol. The van der Waals surface area contributed by atoms with Crippen molar-refractivity contribution in [3.63, 3.8) is 0 Å². The first-order chi connectivity index (χ1) is 13.2. The molecular formula is C19H23N5O3. The summed E-state index contributed by atoms with van der Waals surface area (Å²) in [6.45, 7) is 4.65. The second kappa shape index (κ2) is 8.98. The standard InChI is InChI=1S/C19H23N5O3/c1-2-27-19(26)24-11-9-23(10-12-24)18(25)16-5-8-21-17(13-16)22-14-15-3-6-20-7-4-15/h3-8,13H,2,9-12,14H2,1H3,(H,21,22). The highest BCUT2D eigenvalue weighted by molar-refractivity contribution is 5.95. The largest absolute Gasteiger partial charge is 0.450 e. The number of carbonyl (C=O) groups excluding carboxylic acids is 2. The Bertz CT molecular complexity index is 776. The van der Waals surface area contributed by atoms with Gasteiger partial charge in [0.25, 0.3) is 5.91 Å². The van der Waals surface area contributed by atoms with Crippen molar-refractivity contribution in [1.29, 1.82) is 0 Å². The summed E-state index contributed by atoms with van der Waals surface area (Å²) in [5, 5.41) is 3.22. The maximum absolute atomic E-state index is 12.8. The van der Waals surface area contributed by atoms with Gasteiger partial charge in [-0.3, -0.25) is 9.78 Å². The molecule has 3 heterocycles. The molecule has 0 radical (unpaired) electrons. The highest BCUT2D eigenvalue weighted by atomic mass is 16.6. The van der Waals surface area contributed by atoms with E-state index in [0.29, 0.717) is 50.7 Å². The molecule has 3 rings (SSSR count). The van der Waals surface area contributed by atoms with E-state index in [9.17, 15) is 9.59 Å². The lowest BCUT2D eigenvalue weighted by molar-refractivity contribution is 0.0570. The molecule has 1 fully saturated rings. The van der Waals surface area contributed by atoms with Crippen LogP contribution in [0.2, 0.25) is 0 Å². The average molecular weight is 369 g/mol. The molecule has 8 nitrogen and oxygen atoms in total. The predicted molar refractivity (Wildman–Crippen MR) is 100 cm³/mol. The summed E-state index contributed by atoms with van der Waals surface area (Å²) < 4.78 is 5.00. The van der Waals surface area contributed by atoms with Crippen molar-refractivity contribution in [3.05, 3.63) is 54.0 Å². The lowest BCUT2D eigenvalue weighted by atomic mass is 10.2. The molecule has 1 N–H and O–H groups in total. The molecule has 1 saturated heterocycles. The van der Waals surface area contributed by atoms with Crippen LogP contribution in [0.15, 0.2) is 42.9 Å². The van der Waals surface area contributed by atoms with Crippen LogP contribution in [0.4, 0.5) is 10.6 Å². The van der Waals surface area contributed by atoms with Crippen LogP contribution in [0, 0.1) is 0 Å². The fourth-order valence-corrected chi connectivity index (χ4v) is 2.84. The predicted octanol–water partition coefficient (Wildman–Crippen LogP) is 2.00. The van der Waals surface area contributed by atoms with Crippen LogP contribution in [-0.2, 0) is 11.3 Å². The first-order valence-electron chi connectivity index (χ1n) is 8.97. The van der Waals surface area contributed by atoms with Crippen molar-refractivity contribution in [2.75, 3.05) is 38.1 Å². The van der Waals surface area contributed by atoms with Gasteiger partial charge in [0.2, 0.25) is 0 Å². The molecule has 27 heavy (non-hydrogen) atoms. The van der Waals surface area contributed by atoms with E-state index >= 15 is 0 Å². The number of anilines is 1. The van der Waals surface area contributed by atoms with Crippen LogP contribution >= 0.6 is 0 Å². The maximum atomic E-state index is 12.8. The van der Waals surface area contributed by atoms with E-state index in [1.165, 1.54) is 0 Å². The Labute approximate surface area is 158 Å². The van der Waals surface area contributed by atoms with Crippen molar-refractivity contribution < 1.29 is 14.3 Å². The number of pyridine rings is 2. The molecule has 0 saturated carbocycles. The van der Waals surface area contributed by atoms with Gasteiger partial charge >= 0.3 is 6.09 Å². The van der Waals surface area contributed by atoms with Crippen LogP contribution in [0.5, 0.6) is 0 Å². The monoisotopic (exact) mass is 369 g/mol. The first kappa shape index (κ1) is 18.6. The molecule has 1 aliphatic rings. The van der Waals surface area contributed by atoms with Gasteiger partial charge in [-0.2, -0.15) is 0 Å². The fourth-order valence-electron chi connectivity index (χ4n) is 2.84. The first-order valence-corrected chi connectivity index (χ1v) is 8.97. The summed E-state index contributed by atoms with van der Waals surface area (Å²) in [6, 6.07) is 7.30. The van der Waals surface area contributed by atoms with E-state index < -0.39 is 0 Å². The summed E-state index contributed by atoms with van der Waals surface area (Å²) in [5.74, 6) is 0.579. The third-order valence-electron chi connectivity index (χ3n) is 4.32. The lowest BCUT2D eigenvalue weighted by Gasteiger charge is -2.34. The van der Waals surface area contributed by atoms with E-state index in [2.05, 4.69) is 15.3 Å². The van der Waals surface area contributed by atoms with Gasteiger partial charge in [0.15, 0.2) is 0 Å². The molecule has 2 amide bonds. The Balaban J connectivity index is 1.57. The summed E-state index contributed by atoms with van der Waals surface area (Å²) in [7, 11) is 0. The fraction of sp³-hybridized carbons (Fsp3) is 0.368. The third kappa shape index (κ3) is 4.93. The van der Waals surface area contributed by atoms with Crippen LogP contribution in [0.1, 0.15) is 22.8 Å². The van der Waals surface area contributed by atoms with E-state index in [1.54, 1.807) is 47.4 Å². The molecule has 2 aromatic rings. The zero-order chi connectivity index (χ0) is 19.1. The van der Waals surface area contributed by atoms with Gasteiger partial charge in [-0.15, -0.1) is 0 Å². The smallest absolute Gasteiger partial charge is 0.409 e. The Morgan fingerprint density at radius 3 is 2.48 bits per heavy atom. The Kier molecular flexibility index (Phi) is 6.19. The van der Waals surface area contributed by atoms with Gasteiger partial charge < -0.3 is 19.9 Å². The summed E-state index contributed by atoms with van der Waals surface area (Å²) in [5.41, 5.74) is 1.66. The van der Waals surface area contributed by atoms with Gasteiger partial charge in [-0.1, -0.05) is 0 Å². The topological polar surface area (TPSA) is 87.7 Å². The number of hydrogen-bond donors (Lipinski definition) is 1. The second-order valence-corrected chi connectivity index (χ2v) is 6.12. The van der Waals surface area contributed by atoms with Gasteiger partial charge in [0, 0.05) is 56.9 Å². The highest BCUT2D eigenvalue weighted by Crippen LogP contribution is 2.13.